The summed E-state index contributed by atoms with van der Waals surface area (Å²) in [6.07, 6.45) is 6.62. The number of aromatic nitrogens is 2. The first kappa shape index (κ1) is 13.3. The van der Waals surface area contributed by atoms with E-state index in [0.29, 0.717) is 6.54 Å². The van der Waals surface area contributed by atoms with Gasteiger partial charge in [-0.3, -0.25) is 0 Å². The highest BCUT2D eigenvalue weighted by molar-refractivity contribution is 5.90. The van der Waals surface area contributed by atoms with E-state index in [2.05, 4.69) is 28.5 Å². The SMILES string of the molecule is CC1CCCC(CN)(Nc2cnnc3ccccc23)C1. The lowest BCUT2D eigenvalue weighted by molar-refractivity contribution is 0.264. The van der Waals surface area contributed by atoms with Crippen LogP contribution in [0.1, 0.15) is 32.6 Å². The van der Waals surface area contributed by atoms with E-state index in [9.17, 15) is 0 Å². The van der Waals surface area contributed by atoms with E-state index in [-0.39, 0.29) is 5.54 Å². The van der Waals surface area contributed by atoms with Crippen LogP contribution in [-0.2, 0) is 0 Å². The van der Waals surface area contributed by atoms with Crippen molar-refractivity contribution in [3.05, 3.63) is 30.5 Å². The van der Waals surface area contributed by atoms with Gasteiger partial charge in [-0.15, -0.1) is 0 Å². The van der Waals surface area contributed by atoms with Crippen molar-refractivity contribution >= 4 is 16.6 Å². The van der Waals surface area contributed by atoms with Gasteiger partial charge in [0.25, 0.3) is 0 Å². The fourth-order valence-corrected chi connectivity index (χ4v) is 3.40. The van der Waals surface area contributed by atoms with Crippen molar-refractivity contribution in [2.24, 2.45) is 11.7 Å². The molecule has 1 aliphatic rings. The third kappa shape index (κ3) is 2.48. The predicted molar refractivity (Wildman–Crippen MR) is 82.6 cm³/mol. The number of nitrogens with one attached hydrogen (secondary N) is 1. The second-order valence-corrected chi connectivity index (χ2v) is 6.09. The number of nitrogens with zero attached hydrogens (tertiary/aromatic N) is 2. The summed E-state index contributed by atoms with van der Waals surface area (Å²) in [4.78, 5) is 0. The van der Waals surface area contributed by atoms with E-state index in [0.717, 1.165) is 35.3 Å². The summed E-state index contributed by atoms with van der Waals surface area (Å²) in [7, 11) is 0. The molecule has 1 aromatic heterocycles. The van der Waals surface area contributed by atoms with Crippen LogP contribution < -0.4 is 11.1 Å². The molecule has 0 spiro atoms. The number of anilines is 1. The number of rotatable bonds is 3. The van der Waals surface area contributed by atoms with Crippen LogP contribution in [0, 0.1) is 5.92 Å². The third-order valence-corrected chi connectivity index (χ3v) is 4.43. The Labute approximate surface area is 119 Å². The summed E-state index contributed by atoms with van der Waals surface area (Å²) in [5, 5.41) is 13.1. The summed E-state index contributed by atoms with van der Waals surface area (Å²) >= 11 is 0. The smallest absolute Gasteiger partial charge is 0.0950 e. The Bertz CT molecular complexity index is 593. The molecule has 3 N–H and O–H groups in total. The van der Waals surface area contributed by atoms with E-state index in [4.69, 9.17) is 5.73 Å². The number of nitrogens with two attached hydrogens (primary N) is 1. The summed E-state index contributed by atoms with van der Waals surface area (Å²) in [5.74, 6) is 0.723. The van der Waals surface area contributed by atoms with Crippen LogP contribution in [0.3, 0.4) is 0 Å². The summed E-state index contributed by atoms with van der Waals surface area (Å²) in [6.45, 7) is 2.97. The summed E-state index contributed by atoms with van der Waals surface area (Å²) in [6, 6.07) is 8.10. The van der Waals surface area contributed by atoms with Crippen LogP contribution in [0.5, 0.6) is 0 Å². The van der Waals surface area contributed by atoms with Crippen molar-refractivity contribution in [2.45, 2.75) is 38.1 Å². The molecular weight excluding hydrogens is 248 g/mol. The predicted octanol–water partition coefficient (Wildman–Crippen LogP) is 2.95. The molecule has 1 fully saturated rings. The third-order valence-electron chi connectivity index (χ3n) is 4.43. The van der Waals surface area contributed by atoms with E-state index in [1.807, 2.05) is 24.4 Å². The van der Waals surface area contributed by atoms with Crippen molar-refractivity contribution in [3.63, 3.8) is 0 Å². The van der Waals surface area contributed by atoms with Crippen molar-refractivity contribution in [3.8, 4) is 0 Å². The van der Waals surface area contributed by atoms with Gasteiger partial charge in [0.05, 0.1) is 17.4 Å². The van der Waals surface area contributed by atoms with Gasteiger partial charge in [0.15, 0.2) is 0 Å². The van der Waals surface area contributed by atoms with Crippen molar-refractivity contribution in [2.75, 3.05) is 11.9 Å². The lowest BCUT2D eigenvalue weighted by atomic mass is 9.76. The number of hydrogen-bond donors (Lipinski definition) is 2. The first-order valence-corrected chi connectivity index (χ1v) is 7.41. The van der Waals surface area contributed by atoms with Gasteiger partial charge in [0.1, 0.15) is 0 Å². The maximum absolute atomic E-state index is 6.09. The molecule has 3 rings (SSSR count). The molecule has 4 heteroatoms. The fraction of sp³-hybridized carbons (Fsp3) is 0.500. The minimum absolute atomic E-state index is 0.00344. The Balaban J connectivity index is 1.95. The van der Waals surface area contributed by atoms with Gasteiger partial charge < -0.3 is 11.1 Å². The van der Waals surface area contributed by atoms with Gasteiger partial charge in [-0.05, 0) is 24.8 Å². The first-order valence-electron chi connectivity index (χ1n) is 7.41. The quantitative estimate of drug-likeness (QED) is 0.900. The van der Waals surface area contributed by atoms with Crippen LogP contribution in [0.4, 0.5) is 5.69 Å². The molecule has 2 atom stereocenters. The maximum atomic E-state index is 6.09. The van der Waals surface area contributed by atoms with Crippen LogP contribution in [0.25, 0.3) is 10.9 Å². The number of hydrogen-bond acceptors (Lipinski definition) is 4. The normalized spacial score (nSPS) is 26.6. The molecule has 1 heterocycles. The first-order chi connectivity index (χ1) is 9.72. The molecule has 1 aromatic carbocycles. The lowest BCUT2D eigenvalue weighted by Gasteiger charge is -2.40. The zero-order chi connectivity index (χ0) is 14.0. The van der Waals surface area contributed by atoms with Crippen LogP contribution >= 0.6 is 0 Å². The average molecular weight is 270 g/mol. The Kier molecular flexibility index (Phi) is 3.57. The Morgan fingerprint density at radius 3 is 3.05 bits per heavy atom. The lowest BCUT2D eigenvalue weighted by Crippen LogP contribution is -2.48. The second kappa shape index (κ2) is 5.37. The van der Waals surface area contributed by atoms with Gasteiger partial charge in [-0.25, -0.2) is 0 Å². The molecular formula is C16H22N4. The van der Waals surface area contributed by atoms with E-state index in [1.165, 1.54) is 12.8 Å². The molecule has 0 saturated heterocycles. The molecule has 106 valence electrons. The monoisotopic (exact) mass is 270 g/mol. The average Bonchev–Trinajstić information content (AvgIpc) is 2.48. The topological polar surface area (TPSA) is 63.8 Å². The molecule has 1 aliphatic carbocycles. The number of benzene rings is 1. The molecule has 2 unspecified atom stereocenters. The molecule has 2 aromatic rings. The fourth-order valence-electron chi connectivity index (χ4n) is 3.40. The Morgan fingerprint density at radius 2 is 2.25 bits per heavy atom. The van der Waals surface area contributed by atoms with Crippen LogP contribution in [0.2, 0.25) is 0 Å². The summed E-state index contributed by atoms with van der Waals surface area (Å²) in [5.41, 5.74) is 8.07. The molecule has 1 saturated carbocycles. The Morgan fingerprint density at radius 1 is 1.40 bits per heavy atom. The molecule has 4 nitrogen and oxygen atoms in total. The maximum Gasteiger partial charge on any atom is 0.0950 e. The molecule has 0 amide bonds. The zero-order valence-corrected chi connectivity index (χ0v) is 12.0. The molecule has 0 aliphatic heterocycles. The zero-order valence-electron chi connectivity index (χ0n) is 12.0. The largest absolute Gasteiger partial charge is 0.376 e. The van der Waals surface area contributed by atoms with Gasteiger partial charge in [-0.2, -0.15) is 10.2 Å². The highest BCUT2D eigenvalue weighted by atomic mass is 15.1. The highest BCUT2D eigenvalue weighted by Crippen LogP contribution is 2.35. The van der Waals surface area contributed by atoms with Crippen molar-refractivity contribution in [1.29, 1.82) is 0 Å². The van der Waals surface area contributed by atoms with E-state index >= 15 is 0 Å². The molecule has 0 bridgehead atoms. The molecule has 20 heavy (non-hydrogen) atoms. The van der Waals surface area contributed by atoms with Gasteiger partial charge in [0.2, 0.25) is 0 Å². The van der Waals surface area contributed by atoms with Gasteiger partial charge in [-0.1, -0.05) is 38.0 Å². The number of fused-ring (bicyclic) bond motifs is 1. The van der Waals surface area contributed by atoms with Gasteiger partial charge >= 0.3 is 0 Å². The Hall–Kier alpha value is -1.68. The van der Waals surface area contributed by atoms with Crippen LogP contribution in [-0.4, -0.2) is 22.3 Å². The second-order valence-electron chi connectivity index (χ2n) is 6.09. The van der Waals surface area contributed by atoms with Gasteiger partial charge in [0, 0.05) is 17.5 Å². The minimum atomic E-state index is 0.00344. The van der Waals surface area contributed by atoms with E-state index in [1.54, 1.807) is 0 Å². The van der Waals surface area contributed by atoms with Crippen molar-refractivity contribution < 1.29 is 0 Å². The minimum Gasteiger partial charge on any atom is -0.376 e. The van der Waals surface area contributed by atoms with E-state index < -0.39 is 0 Å². The van der Waals surface area contributed by atoms with Crippen LogP contribution in [0.15, 0.2) is 30.5 Å². The summed E-state index contributed by atoms with van der Waals surface area (Å²) < 4.78 is 0. The molecule has 0 radical (unpaired) electrons. The van der Waals surface area contributed by atoms with Crippen molar-refractivity contribution in [1.82, 2.24) is 10.2 Å². The standard InChI is InChI=1S/C16H22N4/c1-12-5-4-8-16(9-12,11-17)19-15-10-18-20-14-7-3-2-6-13(14)15/h2-3,6-7,10,12H,4-5,8-9,11,17H2,1H3,(H,19,20). The highest BCUT2D eigenvalue weighted by Gasteiger charge is 2.33.